The van der Waals surface area contributed by atoms with Gasteiger partial charge in [0.2, 0.25) is 47.3 Å². The summed E-state index contributed by atoms with van der Waals surface area (Å²) in [6.07, 6.45) is 19.6. The standard InChI is InChI=1S/C58H86N14O8/c1-2-3-4-5-6-7-8-9-10-11-12-13-17-29-50(73)67-49-35-51(74)63-30-21-20-27-44(52(59)75)68-55(78)47(33-40-36-65-43-26-19-18-25-42(40)43)71-53(76)45(28-22-31-64-58(60)61)69-54(77)46(32-39-23-15-14-16-24-39)70-56(79)48(72-57(49)80)34-41-37-62-38-66-41/h14-16,18-19,23-26,36-38,44-49,65H,2-13,17,20-22,27-35H2,1H3,(H2,59,75)(H,62,66)(H,63,74)(H,67,73)(H,68,78)(H,69,77)(H,70,79)(H,71,76)(H,72,80)(H4,60,61,64)/t44-,45-,46+,47-,48?,49?/m0/s1. The van der Waals surface area contributed by atoms with Gasteiger partial charge < -0.3 is 64.4 Å². The van der Waals surface area contributed by atoms with E-state index < -0.39 is 89.9 Å². The number of rotatable bonds is 26. The van der Waals surface area contributed by atoms with Gasteiger partial charge in [-0.05, 0) is 55.7 Å². The molecule has 1 fully saturated rings. The molecule has 5 rings (SSSR count). The number of aromatic amines is 2. The number of benzene rings is 2. The van der Waals surface area contributed by atoms with Gasteiger partial charge in [0.05, 0.1) is 12.7 Å². The van der Waals surface area contributed by atoms with Crippen LogP contribution >= 0.6 is 0 Å². The Hall–Kier alpha value is -7.78. The number of carbonyl (C=O) groups excluding carboxylic acids is 8. The van der Waals surface area contributed by atoms with E-state index in [0.717, 1.165) is 36.6 Å². The fourth-order valence-corrected chi connectivity index (χ4v) is 9.77. The van der Waals surface area contributed by atoms with Crippen molar-refractivity contribution in [2.24, 2.45) is 22.2 Å². The van der Waals surface area contributed by atoms with E-state index in [0.29, 0.717) is 36.1 Å². The molecule has 15 N–H and O–H groups in total. The summed E-state index contributed by atoms with van der Waals surface area (Å²) in [6.45, 7) is 2.42. The lowest BCUT2D eigenvalue weighted by Crippen LogP contribution is -2.60. The third kappa shape index (κ3) is 22.9. The number of guanidine groups is 1. The second-order valence-corrected chi connectivity index (χ2v) is 20.9. The van der Waals surface area contributed by atoms with Crippen LogP contribution in [0.3, 0.4) is 0 Å². The van der Waals surface area contributed by atoms with Gasteiger partial charge in [-0.25, -0.2) is 4.98 Å². The number of amides is 8. The predicted octanol–water partition coefficient (Wildman–Crippen LogP) is 3.54. The number of carbonyl (C=O) groups is 8. The van der Waals surface area contributed by atoms with Crippen molar-refractivity contribution in [1.29, 1.82) is 0 Å². The molecule has 0 saturated carbocycles. The van der Waals surface area contributed by atoms with Crippen LogP contribution in [0.4, 0.5) is 0 Å². The monoisotopic (exact) mass is 1110 g/mol. The topological polar surface area (TPSA) is 356 Å². The smallest absolute Gasteiger partial charge is 0.243 e. The van der Waals surface area contributed by atoms with E-state index in [2.05, 4.69) is 64.1 Å². The van der Waals surface area contributed by atoms with Gasteiger partial charge in [-0.1, -0.05) is 133 Å². The van der Waals surface area contributed by atoms with E-state index in [9.17, 15) is 38.4 Å². The van der Waals surface area contributed by atoms with Crippen molar-refractivity contribution in [2.45, 2.75) is 191 Å². The maximum atomic E-state index is 14.7. The van der Waals surface area contributed by atoms with Crippen LogP contribution in [-0.4, -0.2) is 118 Å². The Kier molecular flexibility index (Phi) is 27.6. The third-order valence-electron chi connectivity index (χ3n) is 14.3. The first-order valence-electron chi connectivity index (χ1n) is 28.7. The molecule has 3 heterocycles. The summed E-state index contributed by atoms with van der Waals surface area (Å²) in [4.78, 5) is 127. The van der Waals surface area contributed by atoms with Gasteiger partial charge in [-0.3, -0.25) is 43.3 Å². The fourth-order valence-electron chi connectivity index (χ4n) is 9.77. The average molecular weight is 1110 g/mol. The molecule has 1 aliphatic heterocycles. The quantitative estimate of drug-likeness (QED) is 0.0245. The van der Waals surface area contributed by atoms with Crippen molar-refractivity contribution < 1.29 is 38.4 Å². The summed E-state index contributed by atoms with van der Waals surface area (Å²) in [7, 11) is 0. The summed E-state index contributed by atoms with van der Waals surface area (Å²) in [5.74, 6) is -5.88. The van der Waals surface area contributed by atoms with Crippen molar-refractivity contribution in [1.82, 2.24) is 52.2 Å². The van der Waals surface area contributed by atoms with Crippen molar-refractivity contribution >= 4 is 64.1 Å². The number of imidazole rings is 1. The zero-order valence-corrected chi connectivity index (χ0v) is 46.5. The van der Waals surface area contributed by atoms with Crippen LogP contribution < -0.4 is 54.4 Å². The highest BCUT2D eigenvalue weighted by Crippen LogP contribution is 2.20. The minimum Gasteiger partial charge on any atom is -0.370 e. The van der Waals surface area contributed by atoms with Crippen LogP contribution in [-0.2, 0) is 57.6 Å². The molecule has 436 valence electrons. The van der Waals surface area contributed by atoms with Gasteiger partial charge in [0.25, 0.3) is 0 Å². The van der Waals surface area contributed by atoms with Crippen molar-refractivity contribution in [3.05, 3.63) is 90.1 Å². The van der Waals surface area contributed by atoms with Crippen LogP contribution in [0.1, 0.15) is 152 Å². The molecule has 8 amide bonds. The lowest BCUT2D eigenvalue weighted by Gasteiger charge is -2.27. The molecule has 4 aromatic rings. The summed E-state index contributed by atoms with van der Waals surface area (Å²) in [5.41, 5.74) is 19.6. The van der Waals surface area contributed by atoms with Gasteiger partial charge in [-0.2, -0.15) is 0 Å². The first-order chi connectivity index (χ1) is 38.7. The highest BCUT2D eigenvalue weighted by atomic mass is 16.2. The zero-order chi connectivity index (χ0) is 57.5. The van der Waals surface area contributed by atoms with Crippen LogP contribution in [0.15, 0.2) is 78.3 Å². The second kappa shape index (κ2) is 35.0. The van der Waals surface area contributed by atoms with Crippen molar-refractivity contribution in [3.63, 3.8) is 0 Å². The Morgan fingerprint density at radius 2 is 1.23 bits per heavy atom. The van der Waals surface area contributed by atoms with Crippen LogP contribution in [0.25, 0.3) is 10.9 Å². The van der Waals surface area contributed by atoms with E-state index >= 15 is 0 Å². The molecule has 80 heavy (non-hydrogen) atoms. The van der Waals surface area contributed by atoms with Crippen LogP contribution in [0.5, 0.6) is 0 Å². The summed E-state index contributed by atoms with van der Waals surface area (Å²) < 4.78 is 0. The number of unbranched alkanes of at least 4 members (excludes halogenated alkanes) is 12. The van der Waals surface area contributed by atoms with Gasteiger partial charge in [-0.15, -0.1) is 0 Å². The highest BCUT2D eigenvalue weighted by Gasteiger charge is 2.35. The number of H-pyrrole nitrogens is 2. The number of hydrogen-bond donors (Lipinski definition) is 12. The third-order valence-corrected chi connectivity index (χ3v) is 14.3. The van der Waals surface area contributed by atoms with Crippen molar-refractivity contribution in [2.75, 3.05) is 13.1 Å². The van der Waals surface area contributed by atoms with E-state index in [-0.39, 0.29) is 64.0 Å². The predicted molar refractivity (Wildman–Crippen MR) is 307 cm³/mol. The van der Waals surface area contributed by atoms with E-state index in [1.807, 2.05) is 24.3 Å². The zero-order valence-electron chi connectivity index (χ0n) is 46.5. The molecule has 22 nitrogen and oxygen atoms in total. The number of aromatic nitrogens is 3. The number of nitrogens with zero attached hydrogens (tertiary/aromatic N) is 2. The number of primary amides is 1. The van der Waals surface area contributed by atoms with Gasteiger partial charge in [0, 0.05) is 67.8 Å². The lowest BCUT2D eigenvalue weighted by atomic mass is 10.0. The molecule has 0 radical (unpaired) electrons. The summed E-state index contributed by atoms with van der Waals surface area (Å²) in [6, 6.07) is 8.31. The maximum absolute atomic E-state index is 14.7. The molecule has 0 aliphatic carbocycles. The number of fused-ring (bicyclic) bond motifs is 1. The number of hydrogen-bond acceptors (Lipinski definition) is 10. The minimum atomic E-state index is -1.41. The highest BCUT2D eigenvalue weighted by molar-refractivity contribution is 5.98. The number of aliphatic imine (C=N–C) groups is 1. The minimum absolute atomic E-state index is 0.0244. The Morgan fingerprint density at radius 1 is 0.637 bits per heavy atom. The molecule has 1 aliphatic rings. The average Bonchev–Trinajstić information content (AvgIpc) is 4.11. The molecule has 0 spiro atoms. The first-order valence-corrected chi connectivity index (χ1v) is 28.7. The number of nitrogens with two attached hydrogens (primary N) is 3. The molecule has 6 atom stereocenters. The Labute approximate surface area is 469 Å². The van der Waals surface area contributed by atoms with E-state index in [1.165, 1.54) is 63.9 Å². The summed E-state index contributed by atoms with van der Waals surface area (Å²) >= 11 is 0. The van der Waals surface area contributed by atoms with Gasteiger partial charge in [0.15, 0.2) is 5.96 Å². The Morgan fingerprint density at radius 3 is 1.88 bits per heavy atom. The number of nitrogens with one attached hydrogen (secondary N) is 9. The maximum Gasteiger partial charge on any atom is 0.243 e. The fraction of sp³-hybridized carbons (Fsp3) is 0.552. The SMILES string of the molecule is CCCCCCCCCCCCCCCC(=O)NC1CC(=O)NCCCC[C@@H](C(N)=O)NC(=O)[C@H](Cc2c[nH]c3ccccc23)NC(=O)[C@H](CCCN=C(N)N)NC(=O)[C@@H](Cc2ccccc2)NC(=O)C(Cc2cnc[nH]2)NC1=O. The molecule has 2 aromatic heterocycles. The molecular formula is C58H86N14O8. The van der Waals surface area contributed by atoms with Crippen LogP contribution in [0, 0.1) is 0 Å². The van der Waals surface area contributed by atoms with Gasteiger partial charge >= 0.3 is 0 Å². The molecule has 22 heteroatoms. The van der Waals surface area contributed by atoms with E-state index in [4.69, 9.17) is 17.2 Å². The Balaban J connectivity index is 1.41. The number of para-hydroxylation sites is 1. The van der Waals surface area contributed by atoms with Crippen LogP contribution in [0.2, 0.25) is 0 Å². The first kappa shape index (κ1) is 63.1. The molecule has 2 aromatic carbocycles. The molecule has 1 saturated heterocycles. The van der Waals surface area contributed by atoms with Gasteiger partial charge in [0.1, 0.15) is 36.3 Å². The molecule has 2 unspecified atom stereocenters. The van der Waals surface area contributed by atoms with Crippen molar-refractivity contribution in [3.8, 4) is 0 Å². The summed E-state index contributed by atoms with van der Waals surface area (Å²) in [5, 5.41) is 20.2. The molecule has 0 bridgehead atoms. The largest absolute Gasteiger partial charge is 0.370 e. The normalized spacial score (nSPS) is 20.3. The van der Waals surface area contributed by atoms with E-state index in [1.54, 1.807) is 36.5 Å². The Bertz CT molecular complexity index is 2600. The molecular weight excluding hydrogens is 1020 g/mol. The second-order valence-electron chi connectivity index (χ2n) is 20.9. The lowest BCUT2D eigenvalue weighted by molar-refractivity contribution is -0.136.